The maximum atomic E-state index is 12.6. The van der Waals surface area contributed by atoms with Gasteiger partial charge in [0.25, 0.3) is 11.8 Å². The Morgan fingerprint density at radius 2 is 1.91 bits per heavy atom. The maximum Gasteiger partial charge on any atom is 0.322 e. The Morgan fingerprint density at radius 3 is 2.62 bits per heavy atom. The van der Waals surface area contributed by atoms with Crippen molar-refractivity contribution in [2.45, 2.75) is 32.2 Å². The largest absolute Gasteiger partial charge is 0.352 e. The molecular weight excluding hydrogens is 406 g/mol. The van der Waals surface area contributed by atoms with Gasteiger partial charge in [0, 0.05) is 18.3 Å². The fourth-order valence-electron chi connectivity index (χ4n) is 3.75. The van der Waals surface area contributed by atoms with E-state index in [2.05, 4.69) is 21.0 Å². The molecule has 32 heavy (non-hydrogen) atoms. The van der Waals surface area contributed by atoms with Crippen molar-refractivity contribution < 1.29 is 14.4 Å². The number of amides is 4. The van der Waals surface area contributed by atoms with Gasteiger partial charge in [-0.3, -0.25) is 14.9 Å². The Bertz CT molecular complexity index is 1170. The Morgan fingerprint density at radius 1 is 1.12 bits per heavy atom. The van der Waals surface area contributed by atoms with E-state index in [1.165, 1.54) is 0 Å². The molecule has 4 amide bonds. The molecule has 1 fully saturated rings. The lowest BCUT2D eigenvalue weighted by atomic mass is 9.91. The highest BCUT2D eigenvalue weighted by Crippen LogP contribution is 2.25. The molecule has 0 spiro atoms. The van der Waals surface area contributed by atoms with Gasteiger partial charge in [-0.15, -0.1) is 0 Å². The van der Waals surface area contributed by atoms with E-state index in [0.29, 0.717) is 17.7 Å². The second-order valence-electron chi connectivity index (χ2n) is 7.99. The molecule has 1 saturated heterocycles. The lowest BCUT2D eigenvalue weighted by Crippen LogP contribution is -2.40. The molecule has 3 aromatic rings. The van der Waals surface area contributed by atoms with Gasteiger partial charge in [0.2, 0.25) is 0 Å². The predicted molar refractivity (Wildman–Crippen MR) is 119 cm³/mol. The average molecular weight is 431 g/mol. The van der Waals surface area contributed by atoms with Crippen molar-refractivity contribution in [2.24, 2.45) is 0 Å². The fraction of sp³-hybridized carbons (Fsp3) is 0.250. The first kappa shape index (κ1) is 21.3. The van der Waals surface area contributed by atoms with Crippen LogP contribution < -0.4 is 16.0 Å². The molecule has 2 heterocycles. The minimum atomic E-state index is -1.19. The smallest absolute Gasteiger partial charge is 0.322 e. The number of carbonyl (C=O) groups excluding carboxylic acids is 3. The molecule has 2 aromatic carbocycles. The number of aryl methyl sites for hydroxylation is 2. The van der Waals surface area contributed by atoms with E-state index in [-0.39, 0.29) is 5.91 Å². The molecule has 0 aliphatic carbocycles. The third-order valence-electron chi connectivity index (χ3n) is 5.68. The Balaban J connectivity index is 1.34. The predicted octanol–water partition coefficient (Wildman–Crippen LogP) is 2.60. The van der Waals surface area contributed by atoms with E-state index in [9.17, 15) is 14.4 Å². The van der Waals surface area contributed by atoms with Crippen LogP contribution in [0.4, 0.5) is 4.79 Å². The van der Waals surface area contributed by atoms with Gasteiger partial charge in [-0.25, -0.2) is 9.48 Å². The summed E-state index contributed by atoms with van der Waals surface area (Å²) in [6.07, 6.45) is 3.59. The lowest BCUT2D eigenvalue weighted by Gasteiger charge is -2.21. The monoisotopic (exact) mass is 431 g/mol. The highest BCUT2D eigenvalue weighted by atomic mass is 16.2. The second kappa shape index (κ2) is 8.66. The van der Waals surface area contributed by atoms with Crippen LogP contribution in [0.5, 0.6) is 0 Å². The van der Waals surface area contributed by atoms with Crippen LogP contribution in [0.15, 0.2) is 60.8 Å². The van der Waals surface area contributed by atoms with Crippen LogP contribution in [0.2, 0.25) is 0 Å². The normalized spacial score (nSPS) is 17.7. The Hall–Kier alpha value is -3.94. The van der Waals surface area contributed by atoms with Crippen LogP contribution in [0.3, 0.4) is 0 Å². The molecule has 4 rings (SSSR count). The summed E-state index contributed by atoms with van der Waals surface area (Å²) in [5, 5.41) is 12.3. The van der Waals surface area contributed by atoms with Crippen LogP contribution >= 0.6 is 0 Å². The van der Waals surface area contributed by atoms with E-state index in [1.54, 1.807) is 31.2 Å². The molecule has 3 N–H and O–H groups in total. The fourth-order valence-corrected chi connectivity index (χ4v) is 3.75. The number of carbonyl (C=O) groups is 3. The van der Waals surface area contributed by atoms with Crippen molar-refractivity contribution in [2.75, 3.05) is 6.54 Å². The van der Waals surface area contributed by atoms with Crippen molar-refractivity contribution in [1.82, 2.24) is 25.7 Å². The van der Waals surface area contributed by atoms with E-state index < -0.39 is 17.5 Å². The maximum absolute atomic E-state index is 12.6. The third kappa shape index (κ3) is 4.25. The van der Waals surface area contributed by atoms with Crippen LogP contribution in [0.1, 0.15) is 40.5 Å². The lowest BCUT2D eigenvalue weighted by molar-refractivity contribution is -0.123. The molecule has 0 saturated carbocycles. The number of rotatable bonds is 7. The summed E-state index contributed by atoms with van der Waals surface area (Å²) in [6, 6.07) is 16.1. The summed E-state index contributed by atoms with van der Waals surface area (Å²) >= 11 is 0. The number of nitrogens with zero attached hydrogens (tertiary/aromatic N) is 2. The quantitative estimate of drug-likeness (QED) is 0.395. The van der Waals surface area contributed by atoms with Gasteiger partial charge in [-0.05, 0) is 62.1 Å². The minimum absolute atomic E-state index is 0.225. The summed E-state index contributed by atoms with van der Waals surface area (Å²) < 4.78 is 1.87. The van der Waals surface area contributed by atoms with Crippen LogP contribution in [0, 0.1) is 6.92 Å². The molecule has 1 aliphatic heterocycles. The Kier molecular flexibility index (Phi) is 5.77. The number of urea groups is 1. The number of imide groups is 1. The zero-order chi connectivity index (χ0) is 22.7. The first-order valence-electron chi connectivity index (χ1n) is 10.5. The van der Waals surface area contributed by atoms with Crippen molar-refractivity contribution in [3.05, 3.63) is 83.2 Å². The molecular formula is C24H25N5O3. The van der Waals surface area contributed by atoms with Crippen LogP contribution in [-0.2, 0) is 16.8 Å². The highest BCUT2D eigenvalue weighted by Gasteiger charge is 2.43. The van der Waals surface area contributed by atoms with Gasteiger partial charge in [0.1, 0.15) is 5.54 Å². The number of hydrogen-bond acceptors (Lipinski definition) is 4. The zero-order valence-electron chi connectivity index (χ0n) is 18.0. The molecule has 0 bridgehead atoms. The topological polar surface area (TPSA) is 105 Å². The van der Waals surface area contributed by atoms with Gasteiger partial charge in [0.15, 0.2) is 0 Å². The summed E-state index contributed by atoms with van der Waals surface area (Å²) in [7, 11) is 0. The zero-order valence-corrected chi connectivity index (χ0v) is 18.0. The van der Waals surface area contributed by atoms with E-state index in [1.807, 2.05) is 48.1 Å². The average Bonchev–Trinajstić information content (AvgIpc) is 3.30. The minimum Gasteiger partial charge on any atom is -0.352 e. The number of nitrogens with one attached hydrogen (secondary N) is 3. The standard InChI is InChI=1S/C24H25N5O3/c1-16-18(15-29(28-16)20-11-4-3-5-12-20)9-7-13-25-21(30)17-8-6-10-19(14-17)24(2)22(31)26-23(32)27-24/h3-6,8,10-12,14-15H,7,9,13H2,1-2H3,(H,25,30)(H2,26,27,31,32)/t24-/m0/s1. The molecule has 1 atom stereocenters. The molecule has 1 aromatic heterocycles. The van der Waals surface area contributed by atoms with Crippen LogP contribution in [0.25, 0.3) is 5.69 Å². The highest BCUT2D eigenvalue weighted by molar-refractivity contribution is 6.07. The summed E-state index contributed by atoms with van der Waals surface area (Å²) in [5.41, 5.74) is 2.92. The van der Waals surface area contributed by atoms with Gasteiger partial charge < -0.3 is 10.6 Å². The summed E-state index contributed by atoms with van der Waals surface area (Å²) in [4.78, 5) is 36.3. The number of benzene rings is 2. The number of hydrogen-bond donors (Lipinski definition) is 3. The molecule has 0 unspecified atom stereocenters. The molecule has 0 radical (unpaired) electrons. The molecule has 164 valence electrons. The molecule has 8 nitrogen and oxygen atoms in total. The second-order valence-corrected chi connectivity index (χ2v) is 7.99. The molecule has 1 aliphatic rings. The molecule has 8 heteroatoms. The van der Waals surface area contributed by atoms with Gasteiger partial charge in [-0.2, -0.15) is 5.10 Å². The first-order valence-corrected chi connectivity index (χ1v) is 10.5. The Labute approximate surface area is 186 Å². The van der Waals surface area contributed by atoms with Crippen molar-refractivity contribution >= 4 is 17.8 Å². The van der Waals surface area contributed by atoms with E-state index in [4.69, 9.17) is 0 Å². The summed E-state index contributed by atoms with van der Waals surface area (Å²) in [5.74, 6) is -0.664. The number of aromatic nitrogens is 2. The van der Waals surface area contributed by atoms with Crippen LogP contribution in [-0.4, -0.2) is 34.2 Å². The van der Waals surface area contributed by atoms with Crippen molar-refractivity contribution in [3.8, 4) is 5.69 Å². The van der Waals surface area contributed by atoms with E-state index in [0.717, 1.165) is 29.8 Å². The number of para-hydroxylation sites is 1. The van der Waals surface area contributed by atoms with E-state index >= 15 is 0 Å². The van der Waals surface area contributed by atoms with Gasteiger partial charge in [-0.1, -0.05) is 30.3 Å². The first-order chi connectivity index (χ1) is 15.4. The van der Waals surface area contributed by atoms with Crippen molar-refractivity contribution in [1.29, 1.82) is 0 Å². The third-order valence-corrected chi connectivity index (χ3v) is 5.68. The van der Waals surface area contributed by atoms with Gasteiger partial charge >= 0.3 is 6.03 Å². The SMILES string of the molecule is Cc1nn(-c2ccccc2)cc1CCCNC(=O)c1cccc([C@]2(C)NC(=O)NC2=O)c1. The summed E-state index contributed by atoms with van der Waals surface area (Å²) in [6.45, 7) is 4.10. The van der Waals surface area contributed by atoms with Gasteiger partial charge in [0.05, 0.1) is 11.4 Å². The van der Waals surface area contributed by atoms with Crippen molar-refractivity contribution in [3.63, 3.8) is 0 Å².